The van der Waals surface area contributed by atoms with E-state index in [4.69, 9.17) is 11.6 Å². The molecule has 0 aliphatic carbocycles. The summed E-state index contributed by atoms with van der Waals surface area (Å²) < 4.78 is 0. The van der Waals surface area contributed by atoms with Crippen LogP contribution in [0.4, 0.5) is 5.69 Å². The van der Waals surface area contributed by atoms with Crippen molar-refractivity contribution in [1.29, 1.82) is 0 Å². The molecule has 0 saturated heterocycles. The first-order valence-electron chi connectivity index (χ1n) is 6.25. The quantitative estimate of drug-likeness (QED) is 0.718. The summed E-state index contributed by atoms with van der Waals surface area (Å²) in [6.45, 7) is 0.740. The summed E-state index contributed by atoms with van der Waals surface area (Å²) in [5, 5.41) is 10.7. The SMILES string of the molecule is Clc1cc(NCc2ccc(-c3ccn[nH]3)cc2)ccn1. The Bertz CT molecular complexity index is 677. The number of hydrogen-bond donors (Lipinski definition) is 2. The molecule has 0 spiro atoms. The van der Waals surface area contributed by atoms with Crippen LogP contribution in [-0.2, 0) is 6.54 Å². The molecule has 5 heteroatoms. The molecule has 0 radical (unpaired) electrons. The van der Waals surface area contributed by atoms with E-state index in [2.05, 4.69) is 44.8 Å². The van der Waals surface area contributed by atoms with Crippen LogP contribution in [0.3, 0.4) is 0 Å². The number of aromatic amines is 1. The predicted molar refractivity (Wildman–Crippen MR) is 80.6 cm³/mol. The third-order valence-corrected chi connectivity index (χ3v) is 3.20. The van der Waals surface area contributed by atoms with Gasteiger partial charge >= 0.3 is 0 Å². The summed E-state index contributed by atoms with van der Waals surface area (Å²) in [7, 11) is 0. The smallest absolute Gasteiger partial charge is 0.131 e. The molecular weight excluding hydrogens is 272 g/mol. The lowest BCUT2D eigenvalue weighted by Crippen LogP contribution is -1.99. The maximum Gasteiger partial charge on any atom is 0.131 e. The first-order chi connectivity index (χ1) is 9.81. The Labute approximate surface area is 121 Å². The minimum Gasteiger partial charge on any atom is -0.381 e. The molecule has 3 aromatic rings. The number of benzene rings is 1. The highest BCUT2D eigenvalue weighted by atomic mass is 35.5. The molecule has 0 aliphatic heterocycles. The Balaban J connectivity index is 1.67. The molecule has 0 saturated carbocycles. The van der Waals surface area contributed by atoms with Crippen LogP contribution in [0.25, 0.3) is 11.3 Å². The van der Waals surface area contributed by atoms with Crippen molar-refractivity contribution < 1.29 is 0 Å². The van der Waals surface area contributed by atoms with Gasteiger partial charge in [-0.25, -0.2) is 4.98 Å². The number of aromatic nitrogens is 3. The number of rotatable bonds is 4. The summed E-state index contributed by atoms with van der Waals surface area (Å²) in [6.07, 6.45) is 3.43. The molecule has 4 nitrogen and oxygen atoms in total. The lowest BCUT2D eigenvalue weighted by Gasteiger charge is -2.07. The highest BCUT2D eigenvalue weighted by Crippen LogP contribution is 2.18. The second-order valence-electron chi connectivity index (χ2n) is 4.39. The van der Waals surface area contributed by atoms with Gasteiger partial charge in [0.1, 0.15) is 5.15 Å². The Morgan fingerprint density at radius 3 is 2.60 bits per heavy atom. The lowest BCUT2D eigenvalue weighted by atomic mass is 10.1. The fourth-order valence-corrected chi connectivity index (χ4v) is 2.11. The Kier molecular flexibility index (Phi) is 3.65. The molecule has 2 aromatic heterocycles. The monoisotopic (exact) mass is 284 g/mol. The molecule has 0 amide bonds. The van der Waals surface area contributed by atoms with E-state index in [9.17, 15) is 0 Å². The van der Waals surface area contributed by atoms with Crippen molar-refractivity contribution in [2.75, 3.05) is 5.32 Å². The number of nitrogens with one attached hydrogen (secondary N) is 2. The normalized spacial score (nSPS) is 10.4. The number of H-pyrrole nitrogens is 1. The van der Waals surface area contributed by atoms with Gasteiger partial charge in [-0.15, -0.1) is 0 Å². The molecule has 0 fully saturated rings. The molecular formula is C15H13ClN4. The van der Waals surface area contributed by atoms with Crippen LogP contribution in [-0.4, -0.2) is 15.2 Å². The second kappa shape index (κ2) is 5.75. The van der Waals surface area contributed by atoms with Gasteiger partial charge in [-0.3, -0.25) is 5.10 Å². The molecule has 0 bridgehead atoms. The zero-order chi connectivity index (χ0) is 13.8. The summed E-state index contributed by atoms with van der Waals surface area (Å²) in [4.78, 5) is 3.95. The van der Waals surface area contributed by atoms with Crippen molar-refractivity contribution in [1.82, 2.24) is 15.2 Å². The molecule has 1 aromatic carbocycles. The molecule has 100 valence electrons. The first kappa shape index (κ1) is 12.7. The predicted octanol–water partition coefficient (Wildman–Crippen LogP) is 3.74. The molecule has 0 unspecified atom stereocenters. The van der Waals surface area contributed by atoms with Crippen LogP contribution in [0, 0.1) is 0 Å². The third kappa shape index (κ3) is 2.97. The van der Waals surface area contributed by atoms with E-state index in [1.807, 2.05) is 12.1 Å². The van der Waals surface area contributed by atoms with Gasteiger partial charge in [-0.1, -0.05) is 35.9 Å². The van der Waals surface area contributed by atoms with Gasteiger partial charge < -0.3 is 5.32 Å². The zero-order valence-corrected chi connectivity index (χ0v) is 11.4. The fraction of sp³-hybridized carbons (Fsp3) is 0.0667. The number of pyridine rings is 1. The van der Waals surface area contributed by atoms with E-state index < -0.39 is 0 Å². The zero-order valence-electron chi connectivity index (χ0n) is 10.7. The van der Waals surface area contributed by atoms with E-state index in [1.54, 1.807) is 18.5 Å². The third-order valence-electron chi connectivity index (χ3n) is 2.99. The van der Waals surface area contributed by atoms with Gasteiger partial charge in [0.25, 0.3) is 0 Å². The van der Waals surface area contributed by atoms with Crippen LogP contribution in [0.5, 0.6) is 0 Å². The summed E-state index contributed by atoms with van der Waals surface area (Å²) in [5.41, 5.74) is 4.30. The summed E-state index contributed by atoms with van der Waals surface area (Å²) in [5.74, 6) is 0. The van der Waals surface area contributed by atoms with Crippen LogP contribution < -0.4 is 5.32 Å². The highest BCUT2D eigenvalue weighted by molar-refractivity contribution is 6.29. The van der Waals surface area contributed by atoms with Crippen molar-refractivity contribution in [2.24, 2.45) is 0 Å². The number of halogens is 1. The number of anilines is 1. The minimum absolute atomic E-state index is 0.490. The first-order valence-corrected chi connectivity index (χ1v) is 6.63. The van der Waals surface area contributed by atoms with Crippen LogP contribution in [0.15, 0.2) is 54.9 Å². The van der Waals surface area contributed by atoms with Crippen LogP contribution in [0.1, 0.15) is 5.56 Å². The van der Waals surface area contributed by atoms with E-state index in [-0.39, 0.29) is 0 Å². The van der Waals surface area contributed by atoms with Gasteiger partial charge in [0.2, 0.25) is 0 Å². The van der Waals surface area contributed by atoms with Gasteiger partial charge in [0.05, 0.1) is 5.69 Å². The maximum atomic E-state index is 5.84. The summed E-state index contributed by atoms with van der Waals surface area (Å²) in [6, 6.07) is 14.0. The van der Waals surface area contributed by atoms with Crippen molar-refractivity contribution in [3.05, 3.63) is 65.6 Å². The molecule has 0 atom stereocenters. The largest absolute Gasteiger partial charge is 0.381 e. The Hall–Kier alpha value is -2.33. The van der Waals surface area contributed by atoms with Crippen LogP contribution >= 0.6 is 11.6 Å². The second-order valence-corrected chi connectivity index (χ2v) is 4.78. The average Bonchev–Trinajstić information content (AvgIpc) is 3.00. The lowest BCUT2D eigenvalue weighted by molar-refractivity contribution is 1.09. The average molecular weight is 285 g/mol. The Morgan fingerprint density at radius 2 is 1.90 bits per heavy atom. The van der Waals surface area contributed by atoms with Gasteiger partial charge in [0.15, 0.2) is 0 Å². The topological polar surface area (TPSA) is 53.6 Å². The van der Waals surface area contributed by atoms with Crippen molar-refractivity contribution in [3.8, 4) is 11.3 Å². The Morgan fingerprint density at radius 1 is 1.05 bits per heavy atom. The standard InChI is InChI=1S/C15H13ClN4/c16-15-9-13(5-7-17-15)18-10-11-1-3-12(4-2-11)14-6-8-19-20-14/h1-9H,10H2,(H,17,18)(H,19,20). The summed E-state index contributed by atoms with van der Waals surface area (Å²) >= 11 is 5.84. The molecule has 2 N–H and O–H groups in total. The molecule has 20 heavy (non-hydrogen) atoms. The van der Waals surface area contributed by atoms with Crippen molar-refractivity contribution in [3.63, 3.8) is 0 Å². The van der Waals surface area contributed by atoms with Gasteiger partial charge in [0, 0.05) is 24.6 Å². The number of hydrogen-bond acceptors (Lipinski definition) is 3. The van der Waals surface area contributed by atoms with Crippen LogP contribution in [0.2, 0.25) is 5.15 Å². The fourth-order valence-electron chi connectivity index (χ4n) is 1.94. The van der Waals surface area contributed by atoms with E-state index in [0.717, 1.165) is 23.5 Å². The molecule has 0 aliphatic rings. The van der Waals surface area contributed by atoms with Gasteiger partial charge in [-0.05, 0) is 29.3 Å². The molecule has 3 rings (SSSR count). The van der Waals surface area contributed by atoms with Crippen molar-refractivity contribution >= 4 is 17.3 Å². The number of nitrogens with zero attached hydrogens (tertiary/aromatic N) is 2. The van der Waals surface area contributed by atoms with E-state index in [1.165, 1.54) is 5.56 Å². The van der Waals surface area contributed by atoms with E-state index in [0.29, 0.717) is 5.15 Å². The van der Waals surface area contributed by atoms with Gasteiger partial charge in [-0.2, -0.15) is 5.10 Å². The minimum atomic E-state index is 0.490. The maximum absolute atomic E-state index is 5.84. The van der Waals surface area contributed by atoms with E-state index >= 15 is 0 Å². The molecule has 2 heterocycles. The highest BCUT2D eigenvalue weighted by Gasteiger charge is 1.99. The van der Waals surface area contributed by atoms with Crippen molar-refractivity contribution in [2.45, 2.75) is 6.54 Å².